The van der Waals surface area contributed by atoms with Gasteiger partial charge in [0.1, 0.15) is 0 Å². The molecule has 3 rings (SSSR count). The van der Waals surface area contributed by atoms with Crippen LogP contribution in [0, 0.1) is 0 Å². The molecule has 1 heterocycles. The predicted octanol–water partition coefficient (Wildman–Crippen LogP) is 1.49. The molecule has 24 heavy (non-hydrogen) atoms. The van der Waals surface area contributed by atoms with E-state index >= 15 is 0 Å². The number of sulfonamides is 1. The van der Waals surface area contributed by atoms with Gasteiger partial charge in [0.15, 0.2) is 0 Å². The molecule has 0 saturated carbocycles. The van der Waals surface area contributed by atoms with Crippen molar-refractivity contribution in [3.05, 3.63) is 34.9 Å². The maximum absolute atomic E-state index is 12.1. The third-order valence-electron chi connectivity index (χ3n) is 4.49. The van der Waals surface area contributed by atoms with Crippen molar-refractivity contribution in [3.63, 3.8) is 0 Å². The van der Waals surface area contributed by atoms with E-state index in [0.717, 1.165) is 29.7 Å². The molecule has 0 radical (unpaired) electrons. The van der Waals surface area contributed by atoms with Gasteiger partial charge in [-0.05, 0) is 42.0 Å². The molecule has 1 atom stereocenters. The van der Waals surface area contributed by atoms with Crippen LogP contribution in [0.4, 0.5) is 0 Å². The Labute approximate surface area is 142 Å². The summed E-state index contributed by atoms with van der Waals surface area (Å²) >= 11 is 0. The second kappa shape index (κ2) is 7.03. The molecule has 0 saturated heterocycles. The van der Waals surface area contributed by atoms with Crippen LogP contribution in [0.25, 0.3) is 0 Å². The summed E-state index contributed by atoms with van der Waals surface area (Å²) < 4.78 is 27.0. The van der Waals surface area contributed by atoms with Crippen molar-refractivity contribution in [1.82, 2.24) is 10.1 Å². The van der Waals surface area contributed by atoms with Gasteiger partial charge in [0.25, 0.3) is 0 Å². The molecule has 0 fully saturated rings. The molecule has 130 valence electrons. The zero-order valence-electron chi connectivity index (χ0n) is 13.8. The highest BCUT2D eigenvalue weighted by atomic mass is 32.2. The monoisotopic (exact) mass is 349 g/mol. The van der Waals surface area contributed by atoms with Crippen LogP contribution in [0.2, 0.25) is 0 Å². The number of carbonyl (C=O) groups excluding carboxylic acids is 1. The number of benzene rings is 1. The Morgan fingerprint density at radius 3 is 2.75 bits per heavy atom. The van der Waals surface area contributed by atoms with Crippen molar-refractivity contribution in [2.75, 3.05) is 5.75 Å². The molecular formula is C17H23N3O3S. The average Bonchev–Trinajstić information content (AvgIpc) is 2.94. The Kier molecular flexibility index (Phi) is 5.01. The number of fused-ring (bicyclic) bond motifs is 1. The molecule has 1 amide bonds. The van der Waals surface area contributed by atoms with Crippen molar-refractivity contribution in [3.8, 4) is 0 Å². The fourth-order valence-electron chi connectivity index (χ4n) is 3.21. The first-order chi connectivity index (χ1) is 11.5. The van der Waals surface area contributed by atoms with Gasteiger partial charge in [-0.1, -0.05) is 25.5 Å². The van der Waals surface area contributed by atoms with E-state index in [1.165, 1.54) is 5.56 Å². The summed E-state index contributed by atoms with van der Waals surface area (Å²) in [7, 11) is -3.20. The van der Waals surface area contributed by atoms with Gasteiger partial charge >= 0.3 is 0 Å². The Bertz CT molecular complexity index is 771. The number of nitrogens with one attached hydrogen (secondary N) is 2. The first kappa shape index (κ1) is 17.1. The van der Waals surface area contributed by atoms with E-state index in [-0.39, 0.29) is 17.7 Å². The van der Waals surface area contributed by atoms with E-state index in [1.807, 2.05) is 19.1 Å². The number of amides is 1. The summed E-state index contributed by atoms with van der Waals surface area (Å²) in [6.07, 6.45) is 4.07. The molecule has 7 heteroatoms. The second-order valence-corrected chi connectivity index (χ2v) is 8.35. The molecule has 0 bridgehead atoms. The van der Waals surface area contributed by atoms with E-state index in [9.17, 15) is 13.2 Å². The number of unbranched alkanes of at least 4 members (excludes halogenated alkanes) is 1. The molecule has 2 N–H and O–H groups in total. The average molecular weight is 349 g/mol. The van der Waals surface area contributed by atoms with Crippen molar-refractivity contribution < 1.29 is 13.2 Å². The van der Waals surface area contributed by atoms with E-state index in [1.54, 1.807) is 0 Å². The first-order valence-electron chi connectivity index (χ1n) is 8.44. The third kappa shape index (κ3) is 4.02. The standard InChI is InChI=1S/C17H23N3O3S/c1-2-3-8-24(22,23)20-15-10-12-4-5-13(9-14(12)11-15)16-6-7-17(21)19-18-16/h4-5,9,15,20H,2-3,6-8,10-11H2,1H3,(H,19,21). The molecule has 2 aliphatic rings. The molecule has 1 aromatic carbocycles. The molecule has 6 nitrogen and oxygen atoms in total. The summed E-state index contributed by atoms with van der Waals surface area (Å²) in [5.41, 5.74) is 6.74. The molecular weight excluding hydrogens is 326 g/mol. The normalized spacial score (nSPS) is 20.5. The number of hydrazone groups is 1. The minimum Gasteiger partial charge on any atom is -0.273 e. The number of carbonyl (C=O) groups is 1. The van der Waals surface area contributed by atoms with E-state index in [4.69, 9.17) is 0 Å². The third-order valence-corrected chi connectivity index (χ3v) is 6.01. The van der Waals surface area contributed by atoms with Crippen LogP contribution in [-0.2, 0) is 27.7 Å². The SMILES string of the molecule is CCCCS(=O)(=O)NC1Cc2ccc(C3=NNC(=O)CC3)cc2C1. The van der Waals surface area contributed by atoms with Gasteiger partial charge in [-0.15, -0.1) is 0 Å². The fraction of sp³-hybridized carbons (Fsp3) is 0.529. The highest BCUT2D eigenvalue weighted by molar-refractivity contribution is 7.89. The molecule has 0 spiro atoms. The van der Waals surface area contributed by atoms with Crippen LogP contribution in [0.3, 0.4) is 0 Å². The van der Waals surface area contributed by atoms with E-state index in [2.05, 4.69) is 21.3 Å². The minimum atomic E-state index is -3.20. The van der Waals surface area contributed by atoms with Crippen molar-refractivity contribution in [2.45, 2.75) is 51.5 Å². The Morgan fingerprint density at radius 1 is 1.25 bits per heavy atom. The predicted molar refractivity (Wildman–Crippen MR) is 93.4 cm³/mol. The van der Waals surface area contributed by atoms with E-state index in [0.29, 0.717) is 25.7 Å². The van der Waals surface area contributed by atoms with Gasteiger partial charge in [0, 0.05) is 18.9 Å². The lowest BCUT2D eigenvalue weighted by atomic mass is 10.00. The second-order valence-electron chi connectivity index (χ2n) is 6.47. The van der Waals surface area contributed by atoms with Crippen molar-refractivity contribution >= 4 is 21.6 Å². The molecule has 1 aromatic rings. The van der Waals surface area contributed by atoms with E-state index < -0.39 is 10.0 Å². The van der Waals surface area contributed by atoms with Gasteiger partial charge < -0.3 is 0 Å². The minimum absolute atomic E-state index is 0.0542. The zero-order valence-corrected chi connectivity index (χ0v) is 14.7. The molecule has 1 unspecified atom stereocenters. The summed E-state index contributed by atoms with van der Waals surface area (Å²) in [4.78, 5) is 11.2. The lowest BCUT2D eigenvalue weighted by molar-refractivity contribution is -0.121. The van der Waals surface area contributed by atoms with Gasteiger partial charge in [0.05, 0.1) is 11.5 Å². The summed E-state index contributed by atoms with van der Waals surface area (Å²) in [5, 5.41) is 4.12. The Balaban J connectivity index is 1.68. The van der Waals surface area contributed by atoms with Gasteiger partial charge in [-0.3, -0.25) is 4.79 Å². The molecule has 1 aliphatic heterocycles. The fourth-order valence-corrected chi connectivity index (χ4v) is 4.67. The number of hydrogen-bond acceptors (Lipinski definition) is 4. The number of hydrogen-bond donors (Lipinski definition) is 2. The lowest BCUT2D eigenvalue weighted by Crippen LogP contribution is -2.36. The van der Waals surface area contributed by atoms with Crippen LogP contribution in [0.15, 0.2) is 23.3 Å². The highest BCUT2D eigenvalue weighted by Crippen LogP contribution is 2.25. The van der Waals surface area contributed by atoms with Crippen molar-refractivity contribution in [2.24, 2.45) is 5.10 Å². The Hall–Kier alpha value is -1.73. The summed E-state index contributed by atoms with van der Waals surface area (Å²) in [6, 6.07) is 6.06. The summed E-state index contributed by atoms with van der Waals surface area (Å²) in [5.74, 6) is 0.138. The molecule has 1 aliphatic carbocycles. The zero-order chi connectivity index (χ0) is 17.2. The van der Waals surface area contributed by atoms with Gasteiger partial charge in [-0.25, -0.2) is 18.6 Å². The quantitative estimate of drug-likeness (QED) is 0.815. The van der Waals surface area contributed by atoms with Crippen LogP contribution in [0.5, 0.6) is 0 Å². The molecule has 0 aromatic heterocycles. The number of rotatable bonds is 6. The van der Waals surface area contributed by atoms with Crippen LogP contribution >= 0.6 is 0 Å². The van der Waals surface area contributed by atoms with Crippen LogP contribution in [0.1, 0.15) is 49.3 Å². The van der Waals surface area contributed by atoms with Crippen LogP contribution < -0.4 is 10.1 Å². The largest absolute Gasteiger partial charge is 0.273 e. The summed E-state index contributed by atoms with van der Waals surface area (Å²) in [6.45, 7) is 1.98. The Morgan fingerprint density at radius 2 is 2.04 bits per heavy atom. The number of nitrogens with zero attached hydrogens (tertiary/aromatic N) is 1. The topological polar surface area (TPSA) is 87.6 Å². The van der Waals surface area contributed by atoms with Gasteiger partial charge in [-0.2, -0.15) is 5.10 Å². The lowest BCUT2D eigenvalue weighted by Gasteiger charge is -2.13. The highest BCUT2D eigenvalue weighted by Gasteiger charge is 2.26. The maximum atomic E-state index is 12.1. The smallest absolute Gasteiger partial charge is 0.240 e. The van der Waals surface area contributed by atoms with Crippen molar-refractivity contribution in [1.29, 1.82) is 0 Å². The van der Waals surface area contributed by atoms with Gasteiger partial charge in [0.2, 0.25) is 15.9 Å². The first-order valence-corrected chi connectivity index (χ1v) is 10.1. The van der Waals surface area contributed by atoms with Crippen LogP contribution in [-0.4, -0.2) is 31.8 Å². The maximum Gasteiger partial charge on any atom is 0.240 e.